The molecular weight excluding hydrogens is 240 g/mol. The molecule has 72 valence electrons. The minimum absolute atomic E-state index is 0.218. The molecule has 0 fully saturated rings. The molecule has 0 heterocycles. The maximum atomic E-state index is 13.2. The highest BCUT2D eigenvalue weighted by Crippen LogP contribution is 2.24. The van der Waals surface area contributed by atoms with Gasteiger partial charge in [0.2, 0.25) is 0 Å². The summed E-state index contributed by atoms with van der Waals surface area (Å²) in [6.45, 7) is 0.259. The van der Waals surface area contributed by atoms with Crippen LogP contribution in [0.25, 0.3) is 0 Å². The first-order valence-corrected chi connectivity index (χ1v) is 4.73. The Morgan fingerprint density at radius 2 is 2.08 bits per heavy atom. The average molecular weight is 250 g/mol. The Hall–Kier alpha value is -0.480. The van der Waals surface area contributed by atoms with E-state index in [0.717, 1.165) is 0 Å². The molecule has 0 bridgehead atoms. The second-order valence-electron chi connectivity index (χ2n) is 2.75. The fraction of sp³-hybridized carbons (Fsp3) is 0.333. The monoisotopic (exact) mass is 249 g/mol. The normalized spacial score (nSPS) is 12.9. The van der Waals surface area contributed by atoms with Gasteiger partial charge in [0.15, 0.2) is 0 Å². The predicted molar refractivity (Wildman–Crippen MR) is 51.6 cm³/mol. The number of benzene rings is 1. The average Bonchev–Trinajstić information content (AvgIpc) is 2.03. The molecule has 0 amide bonds. The third-order valence-corrected chi connectivity index (χ3v) is 2.12. The molecule has 0 saturated heterocycles. The van der Waals surface area contributed by atoms with Gasteiger partial charge in [-0.15, -0.1) is 0 Å². The van der Waals surface area contributed by atoms with Gasteiger partial charge in [-0.2, -0.15) is 0 Å². The molecule has 1 atom stereocenters. The molecular formula is C9H10BrF2N. The maximum absolute atomic E-state index is 13.2. The molecule has 1 rings (SSSR count). The van der Waals surface area contributed by atoms with Gasteiger partial charge in [0.05, 0.1) is 0 Å². The highest BCUT2D eigenvalue weighted by atomic mass is 79.9. The number of hydrogen-bond donors (Lipinski definition) is 1. The van der Waals surface area contributed by atoms with Crippen molar-refractivity contribution in [3.05, 3.63) is 34.1 Å². The van der Waals surface area contributed by atoms with E-state index in [1.807, 2.05) is 0 Å². The summed E-state index contributed by atoms with van der Waals surface area (Å²) in [6.07, 6.45) is -0.965. The van der Waals surface area contributed by atoms with Crippen LogP contribution in [0.2, 0.25) is 0 Å². The van der Waals surface area contributed by atoms with E-state index < -0.39 is 12.0 Å². The van der Waals surface area contributed by atoms with Crippen LogP contribution in [0.4, 0.5) is 8.78 Å². The van der Waals surface area contributed by atoms with Crippen LogP contribution in [0.3, 0.4) is 0 Å². The zero-order chi connectivity index (χ0) is 9.84. The largest absolute Gasteiger partial charge is 0.330 e. The molecule has 1 unspecified atom stereocenters. The molecule has 0 radical (unpaired) electrons. The summed E-state index contributed by atoms with van der Waals surface area (Å²) >= 11 is 3.09. The SMILES string of the molecule is NCCC(F)c1cc(F)cc(Br)c1. The molecule has 0 spiro atoms. The van der Waals surface area contributed by atoms with Gasteiger partial charge >= 0.3 is 0 Å². The van der Waals surface area contributed by atoms with Crippen molar-refractivity contribution in [2.45, 2.75) is 12.6 Å². The van der Waals surface area contributed by atoms with E-state index in [4.69, 9.17) is 5.73 Å². The van der Waals surface area contributed by atoms with E-state index >= 15 is 0 Å². The second kappa shape index (κ2) is 4.67. The summed E-state index contributed by atoms with van der Waals surface area (Å²) in [6, 6.07) is 4.03. The fourth-order valence-electron chi connectivity index (χ4n) is 1.07. The molecule has 13 heavy (non-hydrogen) atoms. The first kappa shape index (κ1) is 10.6. The summed E-state index contributed by atoms with van der Waals surface area (Å²) in [5, 5.41) is 0. The third-order valence-electron chi connectivity index (χ3n) is 1.67. The lowest BCUT2D eigenvalue weighted by atomic mass is 10.1. The van der Waals surface area contributed by atoms with Crippen LogP contribution < -0.4 is 5.73 Å². The minimum Gasteiger partial charge on any atom is -0.330 e. The van der Waals surface area contributed by atoms with Gasteiger partial charge in [-0.25, -0.2) is 8.78 Å². The molecule has 1 aromatic carbocycles. The second-order valence-corrected chi connectivity index (χ2v) is 3.66. The van der Waals surface area contributed by atoms with Gasteiger partial charge in [0.25, 0.3) is 0 Å². The zero-order valence-corrected chi connectivity index (χ0v) is 8.52. The van der Waals surface area contributed by atoms with Gasteiger partial charge in [-0.3, -0.25) is 0 Å². The van der Waals surface area contributed by atoms with Gasteiger partial charge < -0.3 is 5.73 Å². The van der Waals surface area contributed by atoms with Crippen LogP contribution in [0, 0.1) is 5.82 Å². The highest BCUT2D eigenvalue weighted by Gasteiger charge is 2.10. The minimum atomic E-state index is -1.18. The zero-order valence-electron chi connectivity index (χ0n) is 6.93. The van der Waals surface area contributed by atoms with Crippen LogP contribution in [-0.2, 0) is 0 Å². The smallest absolute Gasteiger partial charge is 0.126 e. The standard InChI is InChI=1S/C9H10BrF2N/c10-7-3-6(4-8(11)5-7)9(12)1-2-13/h3-5,9H,1-2,13H2. The first-order chi connectivity index (χ1) is 6.13. The molecule has 0 aliphatic heterocycles. The Morgan fingerprint density at radius 1 is 1.38 bits per heavy atom. The van der Waals surface area contributed by atoms with Crippen molar-refractivity contribution in [2.75, 3.05) is 6.54 Å². The van der Waals surface area contributed by atoms with Crippen molar-refractivity contribution < 1.29 is 8.78 Å². The molecule has 2 N–H and O–H groups in total. The lowest BCUT2D eigenvalue weighted by molar-refractivity contribution is 0.326. The van der Waals surface area contributed by atoms with Crippen molar-refractivity contribution in [3.8, 4) is 0 Å². The van der Waals surface area contributed by atoms with E-state index in [-0.39, 0.29) is 13.0 Å². The Labute approximate surface area is 84.1 Å². The van der Waals surface area contributed by atoms with Crippen LogP contribution in [-0.4, -0.2) is 6.54 Å². The van der Waals surface area contributed by atoms with Crippen molar-refractivity contribution in [2.24, 2.45) is 5.73 Å². The summed E-state index contributed by atoms with van der Waals surface area (Å²) in [4.78, 5) is 0. The van der Waals surface area contributed by atoms with Gasteiger partial charge in [-0.05, 0) is 36.7 Å². The molecule has 1 aromatic rings. The Bertz CT molecular complexity index is 271. The Kier molecular flexibility index (Phi) is 3.81. The topological polar surface area (TPSA) is 26.0 Å². The van der Waals surface area contributed by atoms with Crippen molar-refractivity contribution in [3.63, 3.8) is 0 Å². The van der Waals surface area contributed by atoms with Crippen LogP contribution in [0.5, 0.6) is 0 Å². The van der Waals surface area contributed by atoms with E-state index in [2.05, 4.69) is 15.9 Å². The lowest BCUT2D eigenvalue weighted by Gasteiger charge is -2.07. The Balaban J connectivity index is 2.87. The molecule has 4 heteroatoms. The number of nitrogens with two attached hydrogens (primary N) is 1. The summed E-state index contributed by atoms with van der Waals surface area (Å²) in [7, 11) is 0. The first-order valence-electron chi connectivity index (χ1n) is 3.93. The number of alkyl halides is 1. The van der Waals surface area contributed by atoms with Crippen molar-refractivity contribution >= 4 is 15.9 Å². The third kappa shape index (κ3) is 3.04. The van der Waals surface area contributed by atoms with Gasteiger partial charge in [0.1, 0.15) is 12.0 Å². The predicted octanol–water partition coefficient (Wildman–Crippen LogP) is 2.95. The lowest BCUT2D eigenvalue weighted by Crippen LogP contribution is -2.03. The number of rotatable bonds is 3. The van der Waals surface area contributed by atoms with E-state index in [0.29, 0.717) is 10.0 Å². The molecule has 1 nitrogen and oxygen atoms in total. The van der Waals surface area contributed by atoms with Crippen molar-refractivity contribution in [1.82, 2.24) is 0 Å². The van der Waals surface area contributed by atoms with Crippen LogP contribution in [0.15, 0.2) is 22.7 Å². The van der Waals surface area contributed by atoms with Crippen LogP contribution in [0.1, 0.15) is 18.2 Å². The summed E-state index contributed by atoms with van der Waals surface area (Å²) in [5.74, 6) is -0.441. The van der Waals surface area contributed by atoms with E-state index in [9.17, 15) is 8.78 Å². The van der Waals surface area contributed by atoms with E-state index in [1.165, 1.54) is 12.1 Å². The molecule has 0 aliphatic rings. The Morgan fingerprint density at radius 3 is 2.62 bits per heavy atom. The highest BCUT2D eigenvalue weighted by molar-refractivity contribution is 9.10. The summed E-state index contributed by atoms with van der Waals surface area (Å²) < 4.78 is 26.6. The fourth-order valence-corrected chi connectivity index (χ4v) is 1.55. The molecule has 0 aliphatic carbocycles. The maximum Gasteiger partial charge on any atom is 0.126 e. The number of halogens is 3. The van der Waals surface area contributed by atoms with E-state index in [1.54, 1.807) is 6.07 Å². The number of hydrogen-bond acceptors (Lipinski definition) is 1. The summed E-state index contributed by atoms with van der Waals surface area (Å²) in [5.41, 5.74) is 5.53. The van der Waals surface area contributed by atoms with Gasteiger partial charge in [-0.1, -0.05) is 15.9 Å². The molecule has 0 aromatic heterocycles. The van der Waals surface area contributed by atoms with Gasteiger partial charge in [0, 0.05) is 4.47 Å². The quantitative estimate of drug-likeness (QED) is 0.876. The van der Waals surface area contributed by atoms with Crippen molar-refractivity contribution in [1.29, 1.82) is 0 Å². The van der Waals surface area contributed by atoms with Crippen LogP contribution >= 0.6 is 15.9 Å². The molecule has 0 saturated carbocycles.